The van der Waals surface area contributed by atoms with Crippen molar-refractivity contribution in [1.82, 2.24) is 15.5 Å². The number of hydrogen-bond donors (Lipinski definition) is 2. The number of amides is 2. The van der Waals surface area contributed by atoms with E-state index in [2.05, 4.69) is 27.8 Å². The second kappa shape index (κ2) is 8.75. The summed E-state index contributed by atoms with van der Waals surface area (Å²) in [5.41, 5.74) is 0.847. The van der Waals surface area contributed by atoms with Gasteiger partial charge in [0.1, 0.15) is 10.6 Å². The third-order valence-corrected chi connectivity index (χ3v) is 4.10. The van der Waals surface area contributed by atoms with Crippen LogP contribution < -0.4 is 10.6 Å². The number of carbonyl (C=O) groups is 2. The Hall–Kier alpha value is -2.48. The SMILES string of the molecule is CCCc1nnc(NC(=O)c2ccc(CNC(=O)OC(C)(C)C)cc2)s1. The molecule has 0 spiro atoms. The Labute approximate surface area is 157 Å². The third kappa shape index (κ3) is 6.44. The quantitative estimate of drug-likeness (QED) is 0.800. The summed E-state index contributed by atoms with van der Waals surface area (Å²) in [6, 6.07) is 6.98. The monoisotopic (exact) mass is 376 g/mol. The standard InChI is InChI=1S/C18H24N4O3S/c1-5-6-14-21-22-16(26-14)20-15(23)13-9-7-12(8-10-13)11-19-17(24)25-18(2,3)4/h7-10H,5-6,11H2,1-4H3,(H,19,24)(H,20,22,23). The first-order valence-corrected chi connectivity index (χ1v) is 9.28. The Kier molecular flexibility index (Phi) is 6.68. The Morgan fingerprint density at radius 1 is 1.15 bits per heavy atom. The van der Waals surface area contributed by atoms with E-state index in [-0.39, 0.29) is 5.91 Å². The van der Waals surface area contributed by atoms with Crippen LogP contribution in [0.15, 0.2) is 24.3 Å². The number of aromatic nitrogens is 2. The molecule has 1 heterocycles. The molecule has 7 nitrogen and oxygen atoms in total. The fourth-order valence-corrected chi connectivity index (χ4v) is 2.89. The number of anilines is 1. The second-order valence-electron chi connectivity index (χ2n) is 6.76. The van der Waals surface area contributed by atoms with Crippen molar-refractivity contribution >= 4 is 28.5 Å². The van der Waals surface area contributed by atoms with Crippen LogP contribution in [0, 0.1) is 0 Å². The Bertz CT molecular complexity index is 751. The van der Waals surface area contributed by atoms with Crippen LogP contribution in [0.3, 0.4) is 0 Å². The fraction of sp³-hybridized carbons (Fsp3) is 0.444. The lowest BCUT2D eigenvalue weighted by molar-refractivity contribution is 0.0523. The number of aryl methyl sites for hydroxylation is 1. The minimum atomic E-state index is -0.534. The molecule has 1 aromatic heterocycles. The van der Waals surface area contributed by atoms with E-state index >= 15 is 0 Å². The molecule has 0 radical (unpaired) electrons. The number of hydrogen-bond acceptors (Lipinski definition) is 6. The molecule has 0 saturated heterocycles. The summed E-state index contributed by atoms with van der Waals surface area (Å²) >= 11 is 1.38. The van der Waals surface area contributed by atoms with Gasteiger partial charge >= 0.3 is 6.09 Å². The van der Waals surface area contributed by atoms with Gasteiger partial charge in [0.05, 0.1) is 0 Å². The van der Waals surface area contributed by atoms with Gasteiger partial charge in [0, 0.05) is 18.5 Å². The van der Waals surface area contributed by atoms with Crippen molar-refractivity contribution in [1.29, 1.82) is 0 Å². The van der Waals surface area contributed by atoms with Crippen molar-refractivity contribution < 1.29 is 14.3 Å². The molecule has 2 amide bonds. The van der Waals surface area contributed by atoms with Crippen LogP contribution >= 0.6 is 11.3 Å². The molecule has 0 aliphatic rings. The van der Waals surface area contributed by atoms with Crippen LogP contribution in [0.25, 0.3) is 0 Å². The molecule has 0 unspecified atom stereocenters. The number of benzene rings is 1. The first-order chi connectivity index (χ1) is 12.3. The van der Waals surface area contributed by atoms with E-state index in [1.165, 1.54) is 11.3 Å². The highest BCUT2D eigenvalue weighted by Gasteiger charge is 2.16. The number of nitrogens with zero attached hydrogens (tertiary/aromatic N) is 2. The van der Waals surface area contributed by atoms with Crippen LogP contribution in [0.2, 0.25) is 0 Å². The fourth-order valence-electron chi connectivity index (χ4n) is 2.05. The summed E-state index contributed by atoms with van der Waals surface area (Å²) in [7, 11) is 0. The maximum absolute atomic E-state index is 12.3. The van der Waals surface area contributed by atoms with E-state index in [0.717, 1.165) is 23.4 Å². The molecule has 0 fully saturated rings. The molecule has 2 rings (SSSR count). The Morgan fingerprint density at radius 3 is 2.46 bits per heavy atom. The molecule has 0 aliphatic heterocycles. The predicted octanol–water partition coefficient (Wildman–Crippen LogP) is 3.77. The Morgan fingerprint density at radius 2 is 1.85 bits per heavy atom. The number of ether oxygens (including phenoxy) is 1. The molecular formula is C18H24N4O3S. The topological polar surface area (TPSA) is 93.2 Å². The number of rotatable bonds is 6. The van der Waals surface area contributed by atoms with Crippen molar-refractivity contribution in [2.75, 3.05) is 5.32 Å². The number of nitrogens with one attached hydrogen (secondary N) is 2. The van der Waals surface area contributed by atoms with Crippen LogP contribution in [-0.2, 0) is 17.7 Å². The molecule has 140 valence electrons. The molecule has 0 atom stereocenters. The summed E-state index contributed by atoms with van der Waals surface area (Å²) in [4.78, 5) is 23.9. The van der Waals surface area contributed by atoms with Gasteiger partial charge in [-0.3, -0.25) is 10.1 Å². The zero-order valence-corrected chi connectivity index (χ0v) is 16.3. The van der Waals surface area contributed by atoms with Gasteiger partial charge in [-0.2, -0.15) is 0 Å². The van der Waals surface area contributed by atoms with Crippen LogP contribution in [0.1, 0.15) is 55.0 Å². The normalized spacial score (nSPS) is 11.1. The number of carbonyl (C=O) groups excluding carboxylic acids is 2. The van der Waals surface area contributed by atoms with E-state index in [0.29, 0.717) is 17.2 Å². The maximum Gasteiger partial charge on any atom is 0.407 e. The van der Waals surface area contributed by atoms with Crippen molar-refractivity contribution in [2.45, 2.75) is 52.7 Å². The van der Waals surface area contributed by atoms with Gasteiger partial charge in [-0.15, -0.1) is 10.2 Å². The van der Waals surface area contributed by atoms with Gasteiger partial charge in [-0.1, -0.05) is 30.4 Å². The largest absolute Gasteiger partial charge is 0.444 e. The average molecular weight is 376 g/mol. The van der Waals surface area contributed by atoms with Gasteiger partial charge in [-0.25, -0.2) is 4.79 Å². The Balaban J connectivity index is 1.87. The summed E-state index contributed by atoms with van der Waals surface area (Å²) in [5.74, 6) is -0.240. The summed E-state index contributed by atoms with van der Waals surface area (Å²) in [6.07, 6.45) is 1.37. The highest BCUT2D eigenvalue weighted by atomic mass is 32.1. The van der Waals surface area contributed by atoms with E-state index in [1.807, 2.05) is 20.8 Å². The first-order valence-electron chi connectivity index (χ1n) is 8.46. The highest BCUT2D eigenvalue weighted by molar-refractivity contribution is 7.15. The molecular weight excluding hydrogens is 352 g/mol. The third-order valence-electron chi connectivity index (χ3n) is 3.20. The van der Waals surface area contributed by atoms with Gasteiger partial charge in [0.25, 0.3) is 5.91 Å². The second-order valence-corrected chi connectivity index (χ2v) is 7.82. The highest BCUT2D eigenvalue weighted by Crippen LogP contribution is 2.17. The summed E-state index contributed by atoms with van der Waals surface area (Å²) in [6.45, 7) is 7.82. The zero-order chi connectivity index (χ0) is 19.2. The minimum Gasteiger partial charge on any atom is -0.444 e. The molecule has 8 heteroatoms. The first kappa shape index (κ1) is 19.8. The molecule has 0 aliphatic carbocycles. The lowest BCUT2D eigenvalue weighted by atomic mass is 10.1. The molecule has 0 saturated carbocycles. The summed E-state index contributed by atoms with van der Waals surface area (Å²) < 4.78 is 5.18. The lowest BCUT2D eigenvalue weighted by Crippen LogP contribution is -2.32. The van der Waals surface area contributed by atoms with E-state index in [1.54, 1.807) is 24.3 Å². The smallest absolute Gasteiger partial charge is 0.407 e. The van der Waals surface area contributed by atoms with Gasteiger partial charge < -0.3 is 10.1 Å². The molecule has 2 N–H and O–H groups in total. The lowest BCUT2D eigenvalue weighted by Gasteiger charge is -2.19. The molecule has 26 heavy (non-hydrogen) atoms. The van der Waals surface area contributed by atoms with E-state index < -0.39 is 11.7 Å². The van der Waals surface area contributed by atoms with Crippen LogP contribution in [0.4, 0.5) is 9.93 Å². The predicted molar refractivity (Wildman–Crippen MR) is 101 cm³/mol. The van der Waals surface area contributed by atoms with Gasteiger partial charge in [-0.05, 0) is 44.9 Å². The van der Waals surface area contributed by atoms with Gasteiger partial charge in [0.2, 0.25) is 5.13 Å². The van der Waals surface area contributed by atoms with E-state index in [9.17, 15) is 9.59 Å². The van der Waals surface area contributed by atoms with Crippen molar-refractivity contribution in [3.05, 3.63) is 40.4 Å². The van der Waals surface area contributed by atoms with Crippen molar-refractivity contribution in [3.8, 4) is 0 Å². The molecule has 2 aromatic rings. The maximum atomic E-state index is 12.3. The minimum absolute atomic E-state index is 0.240. The van der Waals surface area contributed by atoms with Crippen molar-refractivity contribution in [3.63, 3.8) is 0 Å². The molecule has 1 aromatic carbocycles. The molecule has 0 bridgehead atoms. The van der Waals surface area contributed by atoms with Crippen molar-refractivity contribution in [2.24, 2.45) is 0 Å². The van der Waals surface area contributed by atoms with Crippen LogP contribution in [0.5, 0.6) is 0 Å². The van der Waals surface area contributed by atoms with Crippen LogP contribution in [-0.4, -0.2) is 27.8 Å². The zero-order valence-electron chi connectivity index (χ0n) is 15.5. The summed E-state index contributed by atoms with van der Waals surface area (Å²) in [5, 5.41) is 14.8. The average Bonchev–Trinajstić information content (AvgIpc) is 2.99. The van der Waals surface area contributed by atoms with Gasteiger partial charge in [0.15, 0.2) is 0 Å². The van der Waals surface area contributed by atoms with E-state index in [4.69, 9.17) is 4.74 Å². The number of alkyl carbamates (subject to hydrolysis) is 1.